The molecule has 4 aromatic rings. The van der Waals surface area contributed by atoms with E-state index >= 15 is 8.78 Å². The van der Waals surface area contributed by atoms with Crippen LogP contribution in [0.4, 0.5) is 22.0 Å². The molecule has 0 saturated heterocycles. The predicted octanol–water partition coefficient (Wildman–Crippen LogP) is 2.96. The van der Waals surface area contributed by atoms with Gasteiger partial charge >= 0.3 is 5.92 Å². The van der Waals surface area contributed by atoms with Gasteiger partial charge in [-0.25, -0.2) is 18.2 Å². The van der Waals surface area contributed by atoms with Crippen molar-refractivity contribution in [2.24, 2.45) is 0 Å². The molecule has 1 atom stereocenters. The van der Waals surface area contributed by atoms with E-state index in [1.807, 2.05) is 0 Å². The molecule has 2 aromatic carbocycles. The first-order valence-corrected chi connectivity index (χ1v) is 9.56. The summed E-state index contributed by atoms with van der Waals surface area (Å²) < 4.78 is 72.1. The van der Waals surface area contributed by atoms with Gasteiger partial charge in [0.05, 0.1) is 12.4 Å². The zero-order valence-corrected chi connectivity index (χ0v) is 17.0. The minimum Gasteiger partial charge on any atom is -0.377 e. The molecule has 0 spiro atoms. The number of nitrogens with zero attached hydrogens (tertiary/aromatic N) is 6. The minimum atomic E-state index is -4.24. The van der Waals surface area contributed by atoms with Crippen LogP contribution >= 0.6 is 0 Å². The van der Waals surface area contributed by atoms with E-state index in [9.17, 15) is 18.3 Å². The number of rotatable bonds is 5. The number of benzene rings is 2. The number of alkyl halides is 2. The zero-order valence-electron chi connectivity index (χ0n) is 17.0. The molecule has 0 amide bonds. The van der Waals surface area contributed by atoms with Crippen molar-refractivity contribution in [1.29, 1.82) is 0 Å². The lowest BCUT2D eigenvalue weighted by Crippen LogP contribution is -2.48. The summed E-state index contributed by atoms with van der Waals surface area (Å²) in [4.78, 5) is 8.09. The molecule has 2 aromatic heterocycles. The first kappa shape index (κ1) is 22.9. The van der Waals surface area contributed by atoms with Gasteiger partial charge in [0.15, 0.2) is 11.9 Å². The first-order valence-electron chi connectivity index (χ1n) is 9.56. The van der Waals surface area contributed by atoms with Crippen LogP contribution in [0.2, 0.25) is 0 Å². The molecule has 1 N–H and O–H groups in total. The molecule has 0 bridgehead atoms. The number of aromatic nitrogens is 6. The monoisotopic (exact) mass is 472 g/mol. The summed E-state index contributed by atoms with van der Waals surface area (Å²) in [5.74, 6) is -1.84. The summed E-state index contributed by atoms with van der Waals surface area (Å²) in [6, 6.07) is 7.06. The summed E-state index contributed by atoms with van der Waals surface area (Å²) in [7, 11) is 0. The maximum absolute atomic E-state index is 15.6. The van der Waals surface area contributed by atoms with Crippen molar-refractivity contribution < 1.29 is 27.1 Å². The molecule has 172 valence electrons. The summed E-state index contributed by atoms with van der Waals surface area (Å²) >= 11 is 0. The summed E-state index contributed by atoms with van der Waals surface area (Å²) in [5.41, 5.74) is -4.73. The summed E-state index contributed by atoms with van der Waals surface area (Å²) in [6.07, 6.45) is 2.55. The molecule has 34 heavy (non-hydrogen) atoms. The third kappa shape index (κ3) is 4.46. The highest BCUT2D eigenvalue weighted by Crippen LogP contribution is 2.46. The fraction of sp³-hybridized carbons (Fsp3) is 0.136. The van der Waals surface area contributed by atoms with Crippen molar-refractivity contribution in [2.45, 2.75) is 18.1 Å². The van der Waals surface area contributed by atoms with Crippen molar-refractivity contribution in [3.63, 3.8) is 0 Å². The fourth-order valence-electron chi connectivity index (χ4n) is 3.08. The van der Waals surface area contributed by atoms with E-state index < -0.39 is 46.8 Å². The van der Waals surface area contributed by atoms with Gasteiger partial charge in [-0.3, -0.25) is 4.98 Å². The van der Waals surface area contributed by atoms with Crippen LogP contribution in [0.15, 0.2) is 61.2 Å². The Morgan fingerprint density at radius 2 is 1.65 bits per heavy atom. The van der Waals surface area contributed by atoms with E-state index in [4.69, 9.17) is 0 Å². The van der Waals surface area contributed by atoms with E-state index in [0.717, 1.165) is 18.6 Å². The fourth-order valence-corrected chi connectivity index (χ4v) is 3.08. The third-order valence-electron chi connectivity index (χ3n) is 4.81. The Bertz CT molecular complexity index is 1350. The average Bonchev–Trinajstić information content (AvgIpc) is 3.31. The van der Waals surface area contributed by atoms with Crippen molar-refractivity contribution >= 4 is 0 Å². The van der Waals surface area contributed by atoms with Crippen LogP contribution in [0.5, 0.6) is 0 Å². The summed E-state index contributed by atoms with van der Waals surface area (Å²) in [6.45, 7) is -1.03. The van der Waals surface area contributed by atoms with Crippen molar-refractivity contribution in [3.05, 3.63) is 101 Å². The second-order valence-electron chi connectivity index (χ2n) is 7.07. The largest absolute Gasteiger partial charge is 0.377 e. The van der Waals surface area contributed by atoms with Crippen LogP contribution in [0.3, 0.4) is 0 Å². The van der Waals surface area contributed by atoms with Crippen molar-refractivity contribution in [3.8, 4) is 11.8 Å². The van der Waals surface area contributed by atoms with Crippen molar-refractivity contribution in [1.82, 2.24) is 30.2 Å². The van der Waals surface area contributed by atoms with Gasteiger partial charge in [0.1, 0.15) is 35.4 Å². The third-order valence-corrected chi connectivity index (χ3v) is 4.81. The molecular formula is C22H13F5N6O. The highest BCUT2D eigenvalue weighted by Gasteiger charge is 2.58. The van der Waals surface area contributed by atoms with Crippen LogP contribution in [0.25, 0.3) is 0 Å². The van der Waals surface area contributed by atoms with Crippen LogP contribution in [-0.4, -0.2) is 35.3 Å². The Morgan fingerprint density at radius 1 is 0.912 bits per heavy atom. The number of hydrogen-bond donors (Lipinski definition) is 1. The van der Waals surface area contributed by atoms with Gasteiger partial charge in [0.2, 0.25) is 0 Å². The van der Waals surface area contributed by atoms with Gasteiger partial charge in [-0.05, 0) is 47.5 Å². The van der Waals surface area contributed by atoms with Crippen LogP contribution in [-0.2, 0) is 18.1 Å². The van der Waals surface area contributed by atoms with Gasteiger partial charge in [-0.2, -0.15) is 13.6 Å². The first-order chi connectivity index (χ1) is 16.2. The number of hydrogen-bond acceptors (Lipinski definition) is 6. The molecule has 7 nitrogen and oxygen atoms in total. The zero-order chi connectivity index (χ0) is 24.3. The van der Waals surface area contributed by atoms with Crippen LogP contribution < -0.4 is 0 Å². The van der Waals surface area contributed by atoms with Crippen molar-refractivity contribution in [2.75, 3.05) is 0 Å². The summed E-state index contributed by atoms with van der Waals surface area (Å²) in [5, 5.41) is 21.5. The second kappa shape index (κ2) is 8.95. The van der Waals surface area contributed by atoms with E-state index in [-0.39, 0.29) is 5.69 Å². The molecule has 0 saturated carbocycles. The molecule has 0 aliphatic heterocycles. The quantitative estimate of drug-likeness (QED) is 0.355. The molecule has 12 heteroatoms. The number of tetrazole rings is 1. The van der Waals surface area contributed by atoms with Gasteiger partial charge in [0, 0.05) is 17.2 Å². The smallest absolute Gasteiger partial charge is 0.325 e. The molecule has 0 radical (unpaired) electrons. The highest BCUT2D eigenvalue weighted by molar-refractivity contribution is 5.39. The molecular weight excluding hydrogens is 459 g/mol. The van der Waals surface area contributed by atoms with Gasteiger partial charge in [-0.15, -0.1) is 10.2 Å². The standard InChI is InChI=1S/C22H13F5N6O/c23-15-4-1-14(2-5-15)3-7-17-10-29-20(11-28-17)22(26,27)21(34,12-33-31-13-30-32-33)18-8-6-16(24)9-19(18)25/h1-2,4-6,8-11,13,34H,12H2. The molecule has 1 unspecified atom stereocenters. The Kier molecular flexibility index (Phi) is 6.04. The number of aliphatic hydroxyl groups is 1. The topological polar surface area (TPSA) is 89.6 Å². The average molecular weight is 472 g/mol. The Morgan fingerprint density at radius 3 is 2.26 bits per heavy atom. The number of halogens is 5. The van der Waals surface area contributed by atoms with Gasteiger partial charge in [-0.1, -0.05) is 5.92 Å². The Balaban J connectivity index is 1.71. The van der Waals surface area contributed by atoms with E-state index in [1.165, 1.54) is 24.3 Å². The lowest BCUT2D eigenvalue weighted by molar-refractivity contribution is -0.209. The SMILES string of the molecule is OC(Cn1ncnn1)(c1ccc(F)cc1F)C(F)(F)c1cnc(C#Cc2ccc(F)cc2)cn1. The second-order valence-corrected chi connectivity index (χ2v) is 7.07. The molecule has 0 aliphatic carbocycles. The van der Waals surface area contributed by atoms with E-state index in [2.05, 4.69) is 37.2 Å². The van der Waals surface area contributed by atoms with Crippen LogP contribution in [0.1, 0.15) is 22.5 Å². The molecule has 0 fully saturated rings. The Labute approximate surface area is 188 Å². The normalized spacial score (nSPS) is 13.1. The van der Waals surface area contributed by atoms with Gasteiger partial charge < -0.3 is 5.11 Å². The maximum Gasteiger partial charge on any atom is 0.325 e. The Hall–Kier alpha value is -4.24. The molecule has 0 aliphatic rings. The lowest BCUT2D eigenvalue weighted by Gasteiger charge is -2.35. The predicted molar refractivity (Wildman–Crippen MR) is 106 cm³/mol. The molecule has 2 heterocycles. The molecule has 4 rings (SSSR count). The highest BCUT2D eigenvalue weighted by atomic mass is 19.3. The minimum absolute atomic E-state index is 0.0123. The van der Waals surface area contributed by atoms with E-state index in [0.29, 0.717) is 28.7 Å². The van der Waals surface area contributed by atoms with E-state index in [1.54, 1.807) is 0 Å². The lowest BCUT2D eigenvalue weighted by atomic mass is 9.85. The van der Waals surface area contributed by atoms with Crippen LogP contribution in [0, 0.1) is 29.3 Å². The maximum atomic E-state index is 15.6. The van der Waals surface area contributed by atoms with Gasteiger partial charge in [0.25, 0.3) is 0 Å².